The SMILES string of the molecule is CC1CC2C3CCC4=CC(=O)C=CC4(C)C3(F)C(O)CC2(C)C1C(=O)NCCCc1ccccn1. The van der Waals surface area contributed by atoms with Gasteiger partial charge in [-0.1, -0.05) is 31.6 Å². The number of nitrogens with zero attached hydrogens (tertiary/aromatic N) is 1. The van der Waals surface area contributed by atoms with Crippen LogP contribution in [0.1, 0.15) is 58.6 Å². The molecule has 1 heterocycles. The summed E-state index contributed by atoms with van der Waals surface area (Å²) in [5, 5.41) is 14.5. The molecule has 5 rings (SSSR count). The van der Waals surface area contributed by atoms with E-state index < -0.39 is 22.6 Å². The van der Waals surface area contributed by atoms with Gasteiger partial charge < -0.3 is 10.4 Å². The van der Waals surface area contributed by atoms with Gasteiger partial charge in [0.05, 0.1) is 6.10 Å². The molecule has 2 N–H and O–H groups in total. The van der Waals surface area contributed by atoms with Crippen molar-refractivity contribution in [1.82, 2.24) is 10.3 Å². The van der Waals surface area contributed by atoms with Crippen LogP contribution in [0.2, 0.25) is 0 Å². The number of pyridine rings is 1. The normalized spacial score (nSPS) is 42.0. The van der Waals surface area contributed by atoms with Gasteiger partial charge in [0.2, 0.25) is 5.91 Å². The Kier molecular flexibility index (Phi) is 6.02. The molecule has 3 saturated carbocycles. The predicted octanol–water partition coefficient (Wildman–Crippen LogP) is 4.36. The van der Waals surface area contributed by atoms with Gasteiger partial charge >= 0.3 is 0 Å². The molecular weight excluding hydrogens is 443 g/mol. The summed E-state index contributed by atoms with van der Waals surface area (Å²) in [4.78, 5) is 29.8. The van der Waals surface area contributed by atoms with Crippen molar-refractivity contribution in [1.29, 1.82) is 0 Å². The number of aromatic nitrogens is 1. The van der Waals surface area contributed by atoms with Gasteiger partial charge in [-0.3, -0.25) is 14.6 Å². The number of hydrogen-bond donors (Lipinski definition) is 2. The Morgan fingerprint density at radius 3 is 2.83 bits per heavy atom. The van der Waals surface area contributed by atoms with E-state index in [4.69, 9.17) is 0 Å². The number of fused-ring (bicyclic) bond motifs is 5. The number of aryl methyl sites for hydroxylation is 1. The molecule has 35 heavy (non-hydrogen) atoms. The molecule has 4 aliphatic carbocycles. The van der Waals surface area contributed by atoms with E-state index >= 15 is 4.39 Å². The van der Waals surface area contributed by atoms with E-state index in [1.807, 2.05) is 25.1 Å². The zero-order chi connectivity index (χ0) is 25.0. The number of halogens is 1. The molecule has 0 aliphatic heterocycles. The van der Waals surface area contributed by atoms with Crippen molar-refractivity contribution in [2.75, 3.05) is 6.54 Å². The lowest BCUT2D eigenvalue weighted by atomic mass is 9.45. The molecule has 0 saturated heterocycles. The van der Waals surface area contributed by atoms with Crippen molar-refractivity contribution in [2.45, 2.75) is 71.1 Å². The number of nitrogens with one attached hydrogen (secondary N) is 1. The van der Waals surface area contributed by atoms with Crippen LogP contribution in [-0.2, 0) is 16.0 Å². The van der Waals surface area contributed by atoms with E-state index in [0.717, 1.165) is 30.5 Å². The monoisotopic (exact) mass is 480 g/mol. The number of amides is 1. The third-order valence-corrected chi connectivity index (χ3v) is 9.90. The van der Waals surface area contributed by atoms with Crippen molar-refractivity contribution in [2.24, 2.45) is 34.5 Å². The fourth-order valence-electron chi connectivity index (χ4n) is 8.27. The van der Waals surface area contributed by atoms with Crippen molar-refractivity contribution in [3.63, 3.8) is 0 Å². The number of carbonyl (C=O) groups is 2. The number of carbonyl (C=O) groups excluding carboxylic acids is 2. The standard InChI is InChI=1S/C29H37FN2O3/c1-18-15-23-22-10-9-19-16-21(33)11-12-28(19,3)29(22,30)24(34)17-27(23,2)25(18)26(35)32-14-6-8-20-7-4-5-13-31-20/h4-5,7,11-13,16,18,22-25,34H,6,8-10,14-15,17H2,1-3H3,(H,32,35). The second kappa shape index (κ2) is 8.65. The molecule has 8 unspecified atom stereocenters. The highest BCUT2D eigenvalue weighted by Crippen LogP contribution is 2.69. The van der Waals surface area contributed by atoms with E-state index in [9.17, 15) is 14.7 Å². The molecule has 6 heteroatoms. The van der Waals surface area contributed by atoms with Gasteiger partial charge in [-0.25, -0.2) is 4.39 Å². The molecule has 1 aromatic heterocycles. The van der Waals surface area contributed by atoms with Gasteiger partial charge in [-0.2, -0.15) is 0 Å². The van der Waals surface area contributed by atoms with Crippen molar-refractivity contribution >= 4 is 11.7 Å². The first-order valence-corrected chi connectivity index (χ1v) is 13.1. The third-order valence-electron chi connectivity index (χ3n) is 9.90. The second-order valence-electron chi connectivity index (χ2n) is 11.8. The Morgan fingerprint density at radius 1 is 1.29 bits per heavy atom. The van der Waals surface area contributed by atoms with Gasteiger partial charge in [0.15, 0.2) is 11.5 Å². The van der Waals surface area contributed by atoms with Crippen LogP contribution in [0.5, 0.6) is 0 Å². The number of allylic oxidation sites excluding steroid dienone is 4. The summed E-state index contributed by atoms with van der Waals surface area (Å²) in [5.74, 6) is -0.560. The summed E-state index contributed by atoms with van der Waals surface area (Å²) < 4.78 is 17.2. The summed E-state index contributed by atoms with van der Waals surface area (Å²) in [6, 6.07) is 5.84. The van der Waals surface area contributed by atoms with Crippen molar-refractivity contribution in [3.8, 4) is 0 Å². The number of hydrogen-bond acceptors (Lipinski definition) is 4. The summed E-state index contributed by atoms with van der Waals surface area (Å²) in [6.07, 6.45) is 9.19. The van der Waals surface area contributed by atoms with E-state index in [1.165, 1.54) is 6.08 Å². The average molecular weight is 481 g/mol. The van der Waals surface area contributed by atoms with E-state index in [2.05, 4.69) is 24.1 Å². The maximum absolute atomic E-state index is 17.2. The molecule has 188 valence electrons. The molecule has 1 aromatic rings. The Hall–Kier alpha value is -2.34. The van der Waals surface area contributed by atoms with Crippen molar-refractivity contribution < 1.29 is 19.1 Å². The molecule has 0 aromatic carbocycles. The summed E-state index contributed by atoms with van der Waals surface area (Å²) >= 11 is 0. The van der Waals surface area contributed by atoms with Gasteiger partial charge in [0, 0.05) is 35.7 Å². The first kappa shape index (κ1) is 24.4. The molecule has 8 atom stereocenters. The van der Waals surface area contributed by atoms with Gasteiger partial charge in [-0.15, -0.1) is 0 Å². The van der Waals surface area contributed by atoms with Crippen molar-refractivity contribution in [3.05, 3.63) is 53.9 Å². The molecule has 1 amide bonds. The van der Waals surface area contributed by atoms with E-state index in [-0.39, 0.29) is 41.8 Å². The Bertz CT molecular complexity index is 1070. The van der Waals surface area contributed by atoms with Gasteiger partial charge in [-0.05, 0) is 87.0 Å². The number of rotatable bonds is 5. The Balaban J connectivity index is 1.34. The number of alkyl halides is 1. The summed E-state index contributed by atoms with van der Waals surface area (Å²) in [5.41, 5.74) is -1.49. The van der Waals surface area contributed by atoms with Crippen LogP contribution >= 0.6 is 0 Å². The quantitative estimate of drug-likeness (QED) is 0.614. The fraction of sp³-hybridized carbons (Fsp3) is 0.621. The highest BCUT2D eigenvalue weighted by molar-refractivity contribution is 6.01. The smallest absolute Gasteiger partial charge is 0.223 e. The molecular formula is C29H37FN2O3. The largest absolute Gasteiger partial charge is 0.390 e. The zero-order valence-corrected chi connectivity index (χ0v) is 21.0. The topological polar surface area (TPSA) is 79.3 Å². The second-order valence-corrected chi connectivity index (χ2v) is 11.8. The average Bonchev–Trinajstić information content (AvgIpc) is 3.08. The van der Waals surface area contributed by atoms with Gasteiger partial charge in [0.1, 0.15) is 0 Å². The molecule has 0 radical (unpaired) electrons. The lowest BCUT2D eigenvalue weighted by Crippen LogP contribution is -2.67. The number of aliphatic hydroxyl groups excluding tert-OH is 1. The zero-order valence-electron chi connectivity index (χ0n) is 21.0. The van der Waals surface area contributed by atoms with Crippen LogP contribution in [0.3, 0.4) is 0 Å². The van der Waals surface area contributed by atoms with Crippen LogP contribution in [0.25, 0.3) is 0 Å². The molecule has 0 spiro atoms. The van der Waals surface area contributed by atoms with Crippen LogP contribution in [0.15, 0.2) is 48.2 Å². The van der Waals surface area contributed by atoms with E-state index in [1.54, 1.807) is 18.3 Å². The molecule has 3 fully saturated rings. The molecule has 5 nitrogen and oxygen atoms in total. The maximum Gasteiger partial charge on any atom is 0.223 e. The van der Waals surface area contributed by atoms with Crippen LogP contribution in [-0.4, -0.2) is 40.1 Å². The van der Waals surface area contributed by atoms with Crippen LogP contribution < -0.4 is 5.32 Å². The maximum atomic E-state index is 17.2. The fourth-order valence-corrected chi connectivity index (χ4v) is 8.27. The molecule has 4 aliphatic rings. The van der Waals surface area contributed by atoms with E-state index in [0.29, 0.717) is 19.4 Å². The minimum Gasteiger partial charge on any atom is -0.390 e. The van der Waals surface area contributed by atoms with Gasteiger partial charge in [0.25, 0.3) is 0 Å². The Morgan fingerprint density at radius 2 is 2.09 bits per heavy atom. The third kappa shape index (κ3) is 3.62. The first-order valence-electron chi connectivity index (χ1n) is 13.1. The highest BCUT2D eigenvalue weighted by Gasteiger charge is 2.71. The Labute approximate surface area is 207 Å². The first-order chi connectivity index (χ1) is 16.6. The highest BCUT2D eigenvalue weighted by atomic mass is 19.1. The minimum absolute atomic E-state index is 0.0135. The lowest BCUT2D eigenvalue weighted by molar-refractivity contribution is -0.195. The number of aliphatic hydroxyl groups is 1. The van der Waals surface area contributed by atoms with Crippen LogP contribution in [0, 0.1) is 34.5 Å². The molecule has 0 bridgehead atoms. The van der Waals surface area contributed by atoms with Crippen LogP contribution in [0.4, 0.5) is 4.39 Å². The minimum atomic E-state index is -1.84. The predicted molar refractivity (Wildman–Crippen MR) is 132 cm³/mol. The summed E-state index contributed by atoms with van der Waals surface area (Å²) in [7, 11) is 0. The summed E-state index contributed by atoms with van der Waals surface area (Å²) in [6.45, 7) is 6.60. The number of ketones is 1. The lowest BCUT2D eigenvalue weighted by Gasteiger charge is -2.61.